The molecule has 3 N–H and O–H groups in total. The van der Waals surface area contributed by atoms with Gasteiger partial charge in [-0.2, -0.15) is 4.98 Å². The average molecular weight is 455 g/mol. The van der Waals surface area contributed by atoms with Gasteiger partial charge in [-0.1, -0.05) is 32.3 Å². The Balaban J connectivity index is 2.02. The molecule has 0 radical (unpaired) electrons. The molecule has 10 heteroatoms. The number of anilines is 2. The number of amides is 1. The van der Waals surface area contributed by atoms with Crippen LogP contribution in [-0.4, -0.2) is 32.1 Å². The molecule has 3 rings (SSSR count). The number of carbonyl (C=O) groups excluding carboxylic acids is 1. The molecular weight excluding hydrogens is 424 g/mol. The highest BCUT2D eigenvalue weighted by atomic mass is 16.5. The molecule has 176 valence electrons. The summed E-state index contributed by atoms with van der Waals surface area (Å²) in [6.07, 6.45) is 2.21. The molecule has 3 aromatic rings. The van der Waals surface area contributed by atoms with Crippen LogP contribution >= 0.6 is 0 Å². The molecule has 0 aliphatic heterocycles. The van der Waals surface area contributed by atoms with E-state index in [9.17, 15) is 14.4 Å². The third-order valence-electron chi connectivity index (χ3n) is 5.30. The van der Waals surface area contributed by atoms with Crippen LogP contribution in [0.25, 0.3) is 11.5 Å². The van der Waals surface area contributed by atoms with E-state index in [4.69, 9.17) is 10.3 Å². The number of rotatable bonds is 9. The van der Waals surface area contributed by atoms with Gasteiger partial charge in [0.1, 0.15) is 5.82 Å². The minimum atomic E-state index is -0.680. The van der Waals surface area contributed by atoms with E-state index < -0.39 is 11.2 Å². The standard InChI is InChI=1S/C23H30N6O4/c1-5-6-12-29-19(24)18(20(30)26-23(29)32)28(13-11-14(2)3)22(31)17-9-7-16(8-10-17)21-25-15(4)27-33-21/h7-10,14H,5-6,11-13,24H2,1-4H3,(H,26,30,32). The number of aryl methyl sites for hydroxylation is 1. The number of nitrogens with two attached hydrogens (primary N) is 1. The van der Waals surface area contributed by atoms with Gasteiger partial charge in [-0.05, 0) is 49.9 Å². The molecule has 2 aromatic heterocycles. The van der Waals surface area contributed by atoms with Gasteiger partial charge in [-0.3, -0.25) is 19.1 Å². The van der Waals surface area contributed by atoms with Crippen LogP contribution in [0.4, 0.5) is 11.5 Å². The van der Waals surface area contributed by atoms with E-state index in [1.54, 1.807) is 31.2 Å². The van der Waals surface area contributed by atoms with E-state index >= 15 is 0 Å². The van der Waals surface area contributed by atoms with Crippen LogP contribution in [0.3, 0.4) is 0 Å². The lowest BCUT2D eigenvalue weighted by Crippen LogP contribution is -2.42. The molecule has 0 aliphatic carbocycles. The van der Waals surface area contributed by atoms with Gasteiger partial charge in [0.25, 0.3) is 17.4 Å². The number of hydrogen-bond donors (Lipinski definition) is 2. The number of aromatic nitrogens is 4. The van der Waals surface area contributed by atoms with Crippen LogP contribution in [0.15, 0.2) is 38.4 Å². The number of nitrogen functional groups attached to an aromatic ring is 1. The van der Waals surface area contributed by atoms with E-state index in [-0.39, 0.29) is 29.9 Å². The summed E-state index contributed by atoms with van der Waals surface area (Å²) >= 11 is 0. The molecule has 0 atom stereocenters. The second kappa shape index (κ2) is 10.3. The van der Waals surface area contributed by atoms with Crippen molar-refractivity contribution in [1.82, 2.24) is 19.7 Å². The topological polar surface area (TPSA) is 140 Å². The monoisotopic (exact) mass is 454 g/mol. The normalized spacial score (nSPS) is 11.2. The Kier molecular flexibility index (Phi) is 7.47. The maximum Gasteiger partial charge on any atom is 0.330 e. The zero-order valence-corrected chi connectivity index (χ0v) is 19.4. The number of hydrogen-bond acceptors (Lipinski definition) is 7. The van der Waals surface area contributed by atoms with Crippen molar-refractivity contribution in [2.45, 2.75) is 53.5 Å². The molecule has 0 spiro atoms. The van der Waals surface area contributed by atoms with E-state index in [1.807, 2.05) is 20.8 Å². The molecule has 0 unspecified atom stereocenters. The summed E-state index contributed by atoms with van der Waals surface area (Å²) in [6, 6.07) is 6.68. The molecule has 0 fully saturated rings. The maximum atomic E-state index is 13.5. The van der Waals surface area contributed by atoms with Gasteiger partial charge in [0, 0.05) is 24.2 Å². The summed E-state index contributed by atoms with van der Waals surface area (Å²) in [5.74, 6) is 0.758. The number of nitrogens with one attached hydrogen (secondary N) is 1. The van der Waals surface area contributed by atoms with Gasteiger partial charge in [0.15, 0.2) is 11.5 Å². The van der Waals surface area contributed by atoms with Crippen LogP contribution in [0.2, 0.25) is 0 Å². The van der Waals surface area contributed by atoms with Gasteiger partial charge in [-0.25, -0.2) is 4.79 Å². The molecule has 10 nitrogen and oxygen atoms in total. The molecule has 2 heterocycles. The molecular formula is C23H30N6O4. The zero-order chi connectivity index (χ0) is 24.1. The summed E-state index contributed by atoms with van der Waals surface area (Å²) in [5.41, 5.74) is 6.04. The first-order valence-corrected chi connectivity index (χ1v) is 11.1. The lowest BCUT2D eigenvalue weighted by atomic mass is 10.1. The Morgan fingerprint density at radius 1 is 1.24 bits per heavy atom. The van der Waals surface area contributed by atoms with Gasteiger partial charge in [0.05, 0.1) is 0 Å². The van der Waals surface area contributed by atoms with Crippen molar-refractivity contribution in [1.29, 1.82) is 0 Å². The van der Waals surface area contributed by atoms with E-state index in [2.05, 4.69) is 15.1 Å². The first kappa shape index (κ1) is 24.0. The molecule has 0 bridgehead atoms. The van der Waals surface area contributed by atoms with Crippen molar-refractivity contribution in [3.8, 4) is 11.5 Å². The average Bonchev–Trinajstić information content (AvgIpc) is 3.21. The Morgan fingerprint density at radius 3 is 2.52 bits per heavy atom. The van der Waals surface area contributed by atoms with Crippen LogP contribution in [-0.2, 0) is 6.54 Å². The number of nitrogens with zero attached hydrogens (tertiary/aromatic N) is 4. The maximum absolute atomic E-state index is 13.5. The summed E-state index contributed by atoms with van der Waals surface area (Å²) in [5, 5.41) is 3.77. The van der Waals surface area contributed by atoms with Crippen molar-refractivity contribution in [2.75, 3.05) is 17.2 Å². The summed E-state index contributed by atoms with van der Waals surface area (Å²) in [6.45, 7) is 8.40. The smallest absolute Gasteiger partial charge is 0.330 e. The lowest BCUT2D eigenvalue weighted by Gasteiger charge is -2.25. The Labute approximate surface area is 191 Å². The molecule has 1 aromatic carbocycles. The van der Waals surface area contributed by atoms with Gasteiger partial charge in [0.2, 0.25) is 0 Å². The van der Waals surface area contributed by atoms with E-state index in [0.29, 0.717) is 42.2 Å². The quantitative estimate of drug-likeness (QED) is 0.506. The minimum Gasteiger partial charge on any atom is -0.383 e. The first-order chi connectivity index (χ1) is 15.7. The van der Waals surface area contributed by atoms with Gasteiger partial charge in [-0.15, -0.1) is 0 Å². The molecule has 0 saturated heterocycles. The number of carbonyl (C=O) groups is 1. The first-order valence-electron chi connectivity index (χ1n) is 11.1. The number of benzene rings is 1. The third-order valence-corrected chi connectivity index (χ3v) is 5.30. The van der Waals surface area contributed by atoms with Crippen LogP contribution in [0.1, 0.15) is 56.2 Å². The second-order valence-electron chi connectivity index (χ2n) is 8.36. The largest absolute Gasteiger partial charge is 0.383 e. The fraction of sp³-hybridized carbons (Fsp3) is 0.435. The minimum absolute atomic E-state index is 0.00652. The van der Waals surface area contributed by atoms with Crippen LogP contribution in [0.5, 0.6) is 0 Å². The number of unbranched alkanes of at least 4 members (excludes halogenated alkanes) is 1. The molecule has 1 amide bonds. The highest BCUT2D eigenvalue weighted by Crippen LogP contribution is 2.23. The van der Waals surface area contributed by atoms with E-state index in [1.165, 1.54) is 9.47 Å². The van der Waals surface area contributed by atoms with Crippen LogP contribution < -0.4 is 21.9 Å². The Morgan fingerprint density at radius 2 is 1.94 bits per heavy atom. The van der Waals surface area contributed by atoms with Gasteiger partial charge >= 0.3 is 5.69 Å². The zero-order valence-electron chi connectivity index (χ0n) is 19.4. The van der Waals surface area contributed by atoms with Crippen molar-refractivity contribution < 1.29 is 9.32 Å². The summed E-state index contributed by atoms with van der Waals surface area (Å²) in [7, 11) is 0. The summed E-state index contributed by atoms with van der Waals surface area (Å²) in [4.78, 5) is 46.5. The molecule has 0 saturated carbocycles. The highest BCUT2D eigenvalue weighted by Gasteiger charge is 2.25. The number of H-pyrrole nitrogens is 1. The van der Waals surface area contributed by atoms with Crippen molar-refractivity contribution in [3.63, 3.8) is 0 Å². The molecule has 0 aliphatic rings. The number of aromatic amines is 1. The van der Waals surface area contributed by atoms with Crippen molar-refractivity contribution >= 4 is 17.4 Å². The fourth-order valence-corrected chi connectivity index (χ4v) is 3.40. The molecule has 33 heavy (non-hydrogen) atoms. The van der Waals surface area contributed by atoms with Crippen molar-refractivity contribution in [3.05, 3.63) is 56.5 Å². The summed E-state index contributed by atoms with van der Waals surface area (Å²) < 4.78 is 6.49. The third kappa shape index (κ3) is 5.39. The lowest BCUT2D eigenvalue weighted by molar-refractivity contribution is 0.0985. The highest BCUT2D eigenvalue weighted by molar-refractivity contribution is 6.07. The second-order valence-corrected chi connectivity index (χ2v) is 8.36. The Hall–Kier alpha value is -3.69. The van der Waals surface area contributed by atoms with Crippen molar-refractivity contribution in [2.24, 2.45) is 5.92 Å². The van der Waals surface area contributed by atoms with E-state index in [0.717, 1.165) is 6.42 Å². The predicted molar refractivity (Wildman–Crippen MR) is 126 cm³/mol. The van der Waals surface area contributed by atoms with Gasteiger partial charge < -0.3 is 15.2 Å². The Bertz CT molecular complexity index is 1220. The van der Waals surface area contributed by atoms with Crippen LogP contribution in [0, 0.1) is 12.8 Å². The SMILES string of the molecule is CCCCn1c(N)c(N(CCC(C)C)C(=O)c2ccc(-c3nc(C)no3)cc2)c(=O)[nH]c1=O. The fourth-order valence-electron chi connectivity index (χ4n) is 3.40. The predicted octanol–water partition coefficient (Wildman–Crippen LogP) is 2.97.